The van der Waals surface area contributed by atoms with Gasteiger partial charge in [-0.2, -0.15) is 0 Å². The lowest BCUT2D eigenvalue weighted by Gasteiger charge is -2.06. The highest BCUT2D eigenvalue weighted by molar-refractivity contribution is 6.01. The summed E-state index contributed by atoms with van der Waals surface area (Å²) in [6, 6.07) is 6.04. The van der Waals surface area contributed by atoms with Gasteiger partial charge in [0.2, 0.25) is 0 Å². The first kappa shape index (κ1) is 10.9. The quantitative estimate of drug-likeness (QED) is 0.780. The zero-order valence-corrected chi connectivity index (χ0v) is 9.87. The molecule has 1 aromatic carbocycles. The highest BCUT2D eigenvalue weighted by Crippen LogP contribution is 2.24. The summed E-state index contributed by atoms with van der Waals surface area (Å²) in [5.74, 6) is -0.0178. The van der Waals surface area contributed by atoms with Crippen LogP contribution in [0.25, 0.3) is 10.9 Å². The summed E-state index contributed by atoms with van der Waals surface area (Å²) < 4.78 is 1.94. The van der Waals surface area contributed by atoms with Crippen LogP contribution >= 0.6 is 0 Å². The number of aryl methyl sites for hydroxylation is 3. The van der Waals surface area contributed by atoms with Gasteiger partial charge >= 0.3 is 0 Å². The highest BCUT2D eigenvalue weighted by Gasteiger charge is 2.13. The number of hydrogen-bond donors (Lipinski definition) is 1. The van der Waals surface area contributed by atoms with E-state index in [2.05, 4.69) is 19.9 Å². The van der Waals surface area contributed by atoms with Crippen LogP contribution in [0, 0.1) is 13.8 Å². The van der Waals surface area contributed by atoms with Crippen LogP contribution < -0.4 is 5.73 Å². The minimum absolute atomic E-state index is 0.0178. The Morgan fingerprint density at radius 2 is 2.06 bits per heavy atom. The second-order valence-corrected chi connectivity index (χ2v) is 4.16. The van der Waals surface area contributed by atoms with Crippen molar-refractivity contribution in [3.05, 3.63) is 35.0 Å². The van der Waals surface area contributed by atoms with Gasteiger partial charge < -0.3 is 10.3 Å². The number of benzene rings is 1. The van der Waals surface area contributed by atoms with Crippen LogP contribution in [0.3, 0.4) is 0 Å². The molecule has 0 radical (unpaired) electrons. The van der Waals surface area contributed by atoms with Gasteiger partial charge in [0.25, 0.3) is 0 Å². The molecule has 2 N–H and O–H groups in total. The summed E-state index contributed by atoms with van der Waals surface area (Å²) in [5.41, 5.74) is 9.66. The maximum atomic E-state index is 11.7. The molecule has 2 aromatic rings. The maximum Gasteiger partial charge on any atom is 0.192 e. The molecule has 0 saturated carbocycles. The van der Waals surface area contributed by atoms with Gasteiger partial charge in [-0.1, -0.05) is 12.1 Å². The van der Waals surface area contributed by atoms with Crippen LogP contribution in [-0.2, 0) is 7.05 Å². The Morgan fingerprint density at radius 3 is 2.69 bits per heavy atom. The molecule has 1 heterocycles. The zero-order valence-electron chi connectivity index (χ0n) is 9.87. The SMILES string of the molecule is Cc1ccc2cc(C(=O)CN)n(C)c2c1C. The molecule has 0 fully saturated rings. The molecule has 0 amide bonds. The number of carbonyl (C=O) groups excluding carboxylic acids is 1. The van der Waals surface area contributed by atoms with Gasteiger partial charge in [-0.05, 0) is 31.0 Å². The van der Waals surface area contributed by atoms with Crippen molar-refractivity contribution >= 4 is 16.7 Å². The van der Waals surface area contributed by atoms with Crippen molar-refractivity contribution in [1.82, 2.24) is 4.57 Å². The normalized spacial score (nSPS) is 11.0. The molecular weight excluding hydrogens is 200 g/mol. The van der Waals surface area contributed by atoms with Crippen LogP contribution in [-0.4, -0.2) is 16.9 Å². The zero-order chi connectivity index (χ0) is 11.9. The second kappa shape index (κ2) is 3.76. The molecule has 3 heteroatoms. The van der Waals surface area contributed by atoms with E-state index in [4.69, 9.17) is 5.73 Å². The number of rotatable bonds is 2. The molecule has 0 atom stereocenters. The number of nitrogens with zero attached hydrogens (tertiary/aromatic N) is 1. The minimum atomic E-state index is -0.0178. The van der Waals surface area contributed by atoms with Crippen molar-refractivity contribution in [3.63, 3.8) is 0 Å². The molecule has 1 aromatic heterocycles. The number of Topliss-reactive ketones (excluding diaryl/α,β-unsaturated/α-hetero) is 1. The first-order valence-corrected chi connectivity index (χ1v) is 5.35. The Labute approximate surface area is 94.9 Å². The first-order chi connectivity index (χ1) is 7.56. The number of hydrogen-bond acceptors (Lipinski definition) is 2. The summed E-state index contributed by atoms with van der Waals surface area (Å²) in [7, 11) is 1.91. The summed E-state index contributed by atoms with van der Waals surface area (Å²) in [6.07, 6.45) is 0. The lowest BCUT2D eigenvalue weighted by molar-refractivity contribution is 0.0994. The van der Waals surface area contributed by atoms with E-state index in [9.17, 15) is 4.79 Å². The number of nitrogens with two attached hydrogens (primary N) is 1. The second-order valence-electron chi connectivity index (χ2n) is 4.16. The molecule has 84 valence electrons. The number of ketones is 1. The summed E-state index contributed by atoms with van der Waals surface area (Å²) in [6.45, 7) is 4.21. The van der Waals surface area contributed by atoms with Crippen LogP contribution in [0.4, 0.5) is 0 Å². The van der Waals surface area contributed by atoms with Crippen molar-refractivity contribution in [2.24, 2.45) is 12.8 Å². The van der Waals surface area contributed by atoms with Crippen LogP contribution in [0.5, 0.6) is 0 Å². The Hall–Kier alpha value is -1.61. The van der Waals surface area contributed by atoms with Crippen molar-refractivity contribution in [2.75, 3.05) is 6.54 Å². The van der Waals surface area contributed by atoms with Gasteiger partial charge in [-0.3, -0.25) is 4.79 Å². The number of fused-ring (bicyclic) bond motifs is 1. The molecule has 16 heavy (non-hydrogen) atoms. The van der Waals surface area contributed by atoms with Gasteiger partial charge in [-0.15, -0.1) is 0 Å². The maximum absolute atomic E-state index is 11.7. The third-order valence-electron chi connectivity index (χ3n) is 3.19. The minimum Gasteiger partial charge on any atom is -0.341 e. The fraction of sp³-hybridized carbons (Fsp3) is 0.308. The van der Waals surface area contributed by atoms with E-state index in [1.807, 2.05) is 23.7 Å². The average molecular weight is 216 g/mol. The van der Waals surface area contributed by atoms with E-state index in [0.717, 1.165) is 10.9 Å². The summed E-state index contributed by atoms with van der Waals surface area (Å²) >= 11 is 0. The van der Waals surface area contributed by atoms with Crippen molar-refractivity contribution in [1.29, 1.82) is 0 Å². The predicted octanol–water partition coefficient (Wildman–Crippen LogP) is 1.94. The highest BCUT2D eigenvalue weighted by atomic mass is 16.1. The van der Waals surface area contributed by atoms with Crippen molar-refractivity contribution < 1.29 is 4.79 Å². The molecule has 0 aliphatic carbocycles. The summed E-state index contributed by atoms with van der Waals surface area (Å²) in [4.78, 5) is 11.7. The predicted molar refractivity (Wildman–Crippen MR) is 65.8 cm³/mol. The topological polar surface area (TPSA) is 48.0 Å². The van der Waals surface area contributed by atoms with Crippen molar-refractivity contribution in [2.45, 2.75) is 13.8 Å². The lowest BCUT2D eigenvalue weighted by Crippen LogP contribution is -2.16. The molecule has 0 aliphatic rings. The first-order valence-electron chi connectivity index (χ1n) is 5.35. The van der Waals surface area contributed by atoms with Gasteiger partial charge in [0.15, 0.2) is 5.78 Å². The van der Waals surface area contributed by atoms with Gasteiger partial charge in [0.1, 0.15) is 0 Å². The van der Waals surface area contributed by atoms with Crippen molar-refractivity contribution in [3.8, 4) is 0 Å². The third kappa shape index (κ3) is 1.44. The Kier molecular flexibility index (Phi) is 2.56. The fourth-order valence-corrected chi connectivity index (χ4v) is 2.12. The van der Waals surface area contributed by atoms with Crippen LogP contribution in [0.15, 0.2) is 18.2 Å². The molecule has 0 spiro atoms. The van der Waals surface area contributed by atoms with Gasteiger partial charge in [-0.25, -0.2) is 0 Å². The molecule has 0 unspecified atom stereocenters. The van der Waals surface area contributed by atoms with Gasteiger partial charge in [0, 0.05) is 12.4 Å². The standard InChI is InChI=1S/C13H16N2O/c1-8-4-5-10-6-11(12(16)7-14)15(3)13(10)9(8)2/h4-6H,7,14H2,1-3H3. The van der Waals surface area contributed by atoms with Crippen LogP contribution in [0.1, 0.15) is 21.6 Å². The third-order valence-corrected chi connectivity index (χ3v) is 3.19. The Morgan fingerprint density at radius 1 is 1.38 bits per heavy atom. The Balaban J connectivity index is 2.79. The van der Waals surface area contributed by atoms with Crippen LogP contribution in [0.2, 0.25) is 0 Å². The molecule has 2 rings (SSSR count). The van der Waals surface area contributed by atoms with E-state index in [0.29, 0.717) is 5.69 Å². The molecule has 0 bridgehead atoms. The molecule has 0 aliphatic heterocycles. The number of aromatic nitrogens is 1. The lowest BCUT2D eigenvalue weighted by atomic mass is 10.1. The Bertz CT molecular complexity index is 567. The van der Waals surface area contributed by atoms with E-state index >= 15 is 0 Å². The van der Waals surface area contributed by atoms with E-state index < -0.39 is 0 Å². The largest absolute Gasteiger partial charge is 0.341 e. The monoisotopic (exact) mass is 216 g/mol. The number of carbonyl (C=O) groups is 1. The summed E-state index contributed by atoms with van der Waals surface area (Å²) in [5, 5.41) is 1.10. The van der Waals surface area contributed by atoms with E-state index in [-0.39, 0.29) is 12.3 Å². The van der Waals surface area contributed by atoms with E-state index in [1.165, 1.54) is 11.1 Å². The molecule has 3 nitrogen and oxygen atoms in total. The molecular formula is C13H16N2O. The average Bonchev–Trinajstić information content (AvgIpc) is 2.61. The van der Waals surface area contributed by atoms with Gasteiger partial charge in [0.05, 0.1) is 17.8 Å². The fourth-order valence-electron chi connectivity index (χ4n) is 2.12. The van der Waals surface area contributed by atoms with E-state index in [1.54, 1.807) is 0 Å². The smallest absolute Gasteiger partial charge is 0.192 e. The molecule has 0 saturated heterocycles.